The van der Waals surface area contributed by atoms with Crippen molar-refractivity contribution < 1.29 is 24.5 Å². The van der Waals surface area contributed by atoms with Gasteiger partial charge in [-0.25, -0.2) is 4.79 Å². The molecule has 0 spiro atoms. The monoisotopic (exact) mass is 439 g/mol. The first-order valence-electron chi connectivity index (χ1n) is 10.4. The smallest absolute Gasteiger partial charge is 0.328 e. The number of ketones is 1. The summed E-state index contributed by atoms with van der Waals surface area (Å²) >= 11 is 0. The Labute approximate surface area is 190 Å². The van der Waals surface area contributed by atoms with Gasteiger partial charge in [0.25, 0.3) is 0 Å². The number of aromatic hydroxyl groups is 1. The summed E-state index contributed by atoms with van der Waals surface area (Å²) in [4.78, 5) is 28.6. The van der Waals surface area contributed by atoms with Crippen LogP contribution < -0.4 is 4.74 Å². The number of aryl methyl sites for hydroxylation is 1. The zero-order valence-electron chi connectivity index (χ0n) is 17.9. The van der Waals surface area contributed by atoms with Crippen LogP contribution in [-0.4, -0.2) is 26.9 Å². The summed E-state index contributed by atoms with van der Waals surface area (Å²) in [5.74, 6) is -0.361. The molecular weight excluding hydrogens is 418 g/mol. The summed E-state index contributed by atoms with van der Waals surface area (Å²) in [6, 6.07) is 19.0. The van der Waals surface area contributed by atoms with E-state index >= 15 is 0 Å². The van der Waals surface area contributed by atoms with E-state index in [0.717, 1.165) is 11.6 Å². The molecule has 0 aliphatic carbocycles. The Morgan fingerprint density at radius 3 is 2.48 bits per heavy atom. The maximum Gasteiger partial charge on any atom is 0.328 e. The number of carboxylic acid groups (broad SMARTS) is 1. The van der Waals surface area contributed by atoms with Crippen LogP contribution in [0, 0.1) is 0 Å². The summed E-state index contributed by atoms with van der Waals surface area (Å²) in [7, 11) is 0. The van der Waals surface area contributed by atoms with Gasteiger partial charge in [-0.2, -0.15) is 0 Å². The van der Waals surface area contributed by atoms with Gasteiger partial charge in [-0.3, -0.25) is 9.78 Å². The predicted molar refractivity (Wildman–Crippen MR) is 126 cm³/mol. The number of carboxylic acids is 1. The molecular formula is C27H21NO5. The van der Waals surface area contributed by atoms with Crippen LogP contribution in [0.5, 0.6) is 17.2 Å². The summed E-state index contributed by atoms with van der Waals surface area (Å²) in [6.07, 6.45) is 4.71. The number of ether oxygens (including phenoxy) is 1. The second-order valence-corrected chi connectivity index (χ2v) is 7.38. The molecule has 0 bridgehead atoms. The number of rotatable bonds is 7. The van der Waals surface area contributed by atoms with E-state index in [2.05, 4.69) is 4.98 Å². The fraction of sp³-hybridized carbons (Fsp3) is 0.0741. The van der Waals surface area contributed by atoms with Crippen LogP contribution in [0.3, 0.4) is 0 Å². The number of carbonyl (C=O) groups excluding carboxylic acids is 1. The average Bonchev–Trinajstić information content (AvgIpc) is 2.83. The molecule has 0 aliphatic heterocycles. The summed E-state index contributed by atoms with van der Waals surface area (Å²) < 4.78 is 6.18. The Kier molecular flexibility index (Phi) is 6.17. The highest BCUT2D eigenvalue weighted by Gasteiger charge is 2.21. The van der Waals surface area contributed by atoms with Gasteiger partial charge in [0.05, 0.1) is 11.1 Å². The minimum atomic E-state index is -1.03. The molecule has 0 unspecified atom stereocenters. The number of nitrogens with zero attached hydrogens (tertiary/aromatic N) is 1. The van der Waals surface area contributed by atoms with E-state index in [9.17, 15) is 14.7 Å². The molecule has 3 aromatic carbocycles. The first kappa shape index (κ1) is 21.8. The van der Waals surface area contributed by atoms with Crippen molar-refractivity contribution in [2.75, 3.05) is 0 Å². The quantitative estimate of drug-likeness (QED) is 0.286. The highest BCUT2D eigenvalue weighted by molar-refractivity contribution is 6.14. The average molecular weight is 439 g/mol. The molecule has 2 N–H and O–H groups in total. The molecule has 0 saturated carbocycles. The molecule has 0 fully saturated rings. The molecule has 0 radical (unpaired) electrons. The summed E-state index contributed by atoms with van der Waals surface area (Å²) in [6.45, 7) is 1.99. The molecule has 1 aromatic heterocycles. The van der Waals surface area contributed by atoms with Crippen molar-refractivity contribution in [3.8, 4) is 17.2 Å². The standard InChI is InChI=1S/C27H21NO5/c1-2-18-5-3-4-6-21(18)26(32)23-16-28-24-15-19(29)10-13-22(24)27(23)33-20-11-7-17(8-12-20)9-14-25(30)31/h3-16,29H,2H2,1H3,(H,30,31)/b14-9+. The maximum atomic E-state index is 13.5. The summed E-state index contributed by atoms with van der Waals surface area (Å²) in [5.41, 5.74) is 3.01. The third-order valence-corrected chi connectivity index (χ3v) is 5.21. The predicted octanol–water partition coefficient (Wildman–Crippen LogP) is 5.62. The molecule has 0 aliphatic rings. The number of pyridine rings is 1. The number of hydrogen-bond donors (Lipinski definition) is 2. The lowest BCUT2D eigenvalue weighted by Crippen LogP contribution is -2.08. The third kappa shape index (κ3) is 4.75. The number of carbonyl (C=O) groups is 2. The first-order chi connectivity index (χ1) is 16.0. The van der Waals surface area contributed by atoms with Gasteiger partial charge >= 0.3 is 5.97 Å². The minimum Gasteiger partial charge on any atom is -0.508 e. The Balaban J connectivity index is 1.80. The molecule has 1 heterocycles. The largest absolute Gasteiger partial charge is 0.508 e. The zero-order valence-corrected chi connectivity index (χ0v) is 17.9. The third-order valence-electron chi connectivity index (χ3n) is 5.21. The highest BCUT2D eigenvalue weighted by Crippen LogP contribution is 2.35. The second kappa shape index (κ2) is 9.36. The number of phenols is 1. The van der Waals surface area contributed by atoms with E-state index in [4.69, 9.17) is 9.84 Å². The van der Waals surface area contributed by atoms with Gasteiger partial charge in [0.15, 0.2) is 5.78 Å². The summed E-state index contributed by atoms with van der Waals surface area (Å²) in [5, 5.41) is 19.2. The Bertz CT molecular complexity index is 1370. The number of phenolic OH excluding ortho intramolecular Hbond substituents is 1. The Morgan fingerprint density at radius 1 is 1.00 bits per heavy atom. The van der Waals surface area contributed by atoms with Crippen molar-refractivity contribution >= 4 is 28.7 Å². The molecule has 0 amide bonds. The van der Waals surface area contributed by atoms with Crippen LogP contribution in [0.2, 0.25) is 0 Å². The minimum absolute atomic E-state index is 0.0610. The second-order valence-electron chi connectivity index (χ2n) is 7.38. The van der Waals surface area contributed by atoms with Gasteiger partial charge < -0.3 is 14.9 Å². The van der Waals surface area contributed by atoms with Gasteiger partial charge in [0.2, 0.25) is 0 Å². The molecule has 6 heteroatoms. The number of aliphatic carboxylic acids is 1. The van der Waals surface area contributed by atoms with E-state index in [1.54, 1.807) is 36.4 Å². The lowest BCUT2D eigenvalue weighted by Gasteiger charge is -2.15. The lowest BCUT2D eigenvalue weighted by molar-refractivity contribution is -0.131. The van der Waals surface area contributed by atoms with E-state index in [0.29, 0.717) is 45.5 Å². The van der Waals surface area contributed by atoms with E-state index in [1.807, 2.05) is 25.1 Å². The molecule has 0 atom stereocenters. The molecule has 4 aromatic rings. The molecule has 6 nitrogen and oxygen atoms in total. The number of fused-ring (bicyclic) bond motifs is 1. The fourth-order valence-electron chi connectivity index (χ4n) is 3.56. The van der Waals surface area contributed by atoms with Crippen molar-refractivity contribution in [2.45, 2.75) is 13.3 Å². The van der Waals surface area contributed by atoms with Crippen molar-refractivity contribution in [2.24, 2.45) is 0 Å². The topological polar surface area (TPSA) is 96.7 Å². The van der Waals surface area contributed by atoms with Gasteiger partial charge in [-0.05, 0) is 47.9 Å². The van der Waals surface area contributed by atoms with E-state index in [1.165, 1.54) is 24.4 Å². The maximum absolute atomic E-state index is 13.5. The Hall–Kier alpha value is -4.45. The van der Waals surface area contributed by atoms with Crippen molar-refractivity contribution in [3.05, 3.63) is 101 Å². The van der Waals surface area contributed by atoms with Gasteiger partial charge in [0, 0.05) is 29.3 Å². The van der Waals surface area contributed by atoms with Gasteiger partial charge in [-0.1, -0.05) is 43.3 Å². The van der Waals surface area contributed by atoms with E-state index in [-0.39, 0.29) is 11.5 Å². The van der Waals surface area contributed by atoms with Crippen LogP contribution in [0.15, 0.2) is 79.0 Å². The van der Waals surface area contributed by atoms with Gasteiger partial charge in [0.1, 0.15) is 17.2 Å². The molecule has 164 valence electrons. The van der Waals surface area contributed by atoms with Gasteiger partial charge in [-0.15, -0.1) is 0 Å². The number of aromatic nitrogens is 1. The van der Waals surface area contributed by atoms with Crippen LogP contribution >= 0.6 is 0 Å². The molecule has 4 rings (SSSR count). The normalized spacial score (nSPS) is 11.1. The SMILES string of the molecule is CCc1ccccc1C(=O)c1cnc2cc(O)ccc2c1Oc1ccc(/C=C/C(=O)O)cc1. The number of hydrogen-bond acceptors (Lipinski definition) is 5. The lowest BCUT2D eigenvalue weighted by atomic mass is 9.96. The molecule has 33 heavy (non-hydrogen) atoms. The van der Waals surface area contributed by atoms with Crippen LogP contribution in [-0.2, 0) is 11.2 Å². The first-order valence-corrected chi connectivity index (χ1v) is 10.4. The van der Waals surface area contributed by atoms with E-state index < -0.39 is 5.97 Å². The number of benzene rings is 3. The Morgan fingerprint density at radius 2 is 1.76 bits per heavy atom. The van der Waals surface area contributed by atoms with Crippen molar-refractivity contribution in [1.29, 1.82) is 0 Å². The van der Waals surface area contributed by atoms with Crippen LogP contribution in [0.4, 0.5) is 0 Å². The van der Waals surface area contributed by atoms with Crippen LogP contribution in [0.1, 0.15) is 34.0 Å². The van der Waals surface area contributed by atoms with Crippen LogP contribution in [0.25, 0.3) is 17.0 Å². The fourth-order valence-corrected chi connectivity index (χ4v) is 3.56. The van der Waals surface area contributed by atoms with Crippen molar-refractivity contribution in [1.82, 2.24) is 4.98 Å². The highest BCUT2D eigenvalue weighted by atomic mass is 16.5. The van der Waals surface area contributed by atoms with Crippen molar-refractivity contribution in [3.63, 3.8) is 0 Å². The molecule has 0 saturated heterocycles. The zero-order chi connectivity index (χ0) is 23.4.